The first-order chi connectivity index (χ1) is 9.15. The van der Waals surface area contributed by atoms with Crippen molar-refractivity contribution >= 4 is 16.9 Å². The first kappa shape index (κ1) is 11.8. The highest BCUT2D eigenvalue weighted by Crippen LogP contribution is 2.15. The van der Waals surface area contributed by atoms with Crippen LogP contribution < -0.4 is 5.56 Å². The molecule has 0 radical (unpaired) electrons. The molecule has 3 rings (SSSR count). The normalized spacial score (nSPS) is 16.4. The van der Waals surface area contributed by atoms with E-state index in [1.54, 1.807) is 24.3 Å². The number of hydrogen-bond acceptors (Lipinski definition) is 5. The summed E-state index contributed by atoms with van der Waals surface area (Å²) >= 11 is 0. The molecule has 1 N–H and O–H groups in total. The number of fused-ring (bicyclic) bond motifs is 1. The molecular weight excluding hydrogens is 248 g/mol. The lowest BCUT2D eigenvalue weighted by Crippen LogP contribution is -2.52. The first-order valence-corrected chi connectivity index (χ1v) is 5.93. The Hall–Kier alpha value is -2.28. The fourth-order valence-corrected chi connectivity index (χ4v) is 2.15. The number of aromatic nitrogens is 3. The van der Waals surface area contributed by atoms with Crippen molar-refractivity contribution in [1.29, 1.82) is 0 Å². The highest BCUT2D eigenvalue weighted by atomic mass is 16.4. The number of carboxylic acid groups (broad SMARTS) is 1. The Labute approximate surface area is 108 Å². The van der Waals surface area contributed by atoms with Crippen molar-refractivity contribution in [3.63, 3.8) is 0 Å². The van der Waals surface area contributed by atoms with E-state index in [9.17, 15) is 9.59 Å². The fraction of sp³-hybridized carbons (Fsp3) is 0.333. The molecule has 19 heavy (non-hydrogen) atoms. The lowest BCUT2D eigenvalue weighted by molar-refractivity contribution is -0.148. The molecule has 98 valence electrons. The summed E-state index contributed by atoms with van der Waals surface area (Å²) in [4.78, 5) is 24.7. The smallest absolute Gasteiger partial charge is 0.309 e. The summed E-state index contributed by atoms with van der Waals surface area (Å²) in [5.41, 5.74) is 0.361. The minimum absolute atomic E-state index is 0.204. The van der Waals surface area contributed by atoms with Gasteiger partial charge in [-0.15, -0.1) is 5.10 Å². The van der Waals surface area contributed by atoms with Gasteiger partial charge in [-0.2, -0.15) is 4.68 Å². The molecule has 7 nitrogen and oxygen atoms in total. The van der Waals surface area contributed by atoms with Crippen molar-refractivity contribution < 1.29 is 9.90 Å². The van der Waals surface area contributed by atoms with Crippen LogP contribution in [-0.2, 0) is 11.5 Å². The van der Waals surface area contributed by atoms with Gasteiger partial charge in [0.25, 0.3) is 5.56 Å². The third kappa shape index (κ3) is 2.08. The van der Waals surface area contributed by atoms with E-state index in [2.05, 4.69) is 10.3 Å². The molecule has 1 aliphatic heterocycles. The van der Waals surface area contributed by atoms with Crippen molar-refractivity contribution in [2.75, 3.05) is 13.1 Å². The number of hydrogen-bond donors (Lipinski definition) is 1. The van der Waals surface area contributed by atoms with E-state index >= 15 is 0 Å². The van der Waals surface area contributed by atoms with E-state index in [1.807, 2.05) is 4.90 Å². The molecule has 1 aromatic heterocycles. The Kier molecular flexibility index (Phi) is 2.75. The van der Waals surface area contributed by atoms with E-state index < -0.39 is 5.97 Å². The van der Waals surface area contributed by atoms with Gasteiger partial charge in [0.05, 0.1) is 18.0 Å². The summed E-state index contributed by atoms with van der Waals surface area (Å²) in [6.45, 7) is 1.16. The maximum absolute atomic E-state index is 12.1. The second kappa shape index (κ2) is 4.43. The summed E-state index contributed by atoms with van der Waals surface area (Å²) < 4.78 is 1.26. The molecule has 1 fully saturated rings. The minimum atomic E-state index is -0.798. The van der Waals surface area contributed by atoms with Gasteiger partial charge < -0.3 is 5.11 Å². The molecule has 0 amide bonds. The second-order valence-electron chi connectivity index (χ2n) is 4.62. The van der Waals surface area contributed by atoms with Gasteiger partial charge in [0, 0.05) is 13.1 Å². The standard InChI is InChI=1S/C12H12N4O3/c17-11-9-3-1-2-4-10(9)13-14-16(11)7-15-5-8(6-15)12(18)19/h1-4,8H,5-7H2,(H,18,19). The second-order valence-corrected chi connectivity index (χ2v) is 4.62. The number of likely N-dealkylation sites (tertiary alicyclic amines) is 1. The van der Waals surface area contributed by atoms with Gasteiger partial charge >= 0.3 is 5.97 Å². The van der Waals surface area contributed by atoms with E-state index in [4.69, 9.17) is 5.11 Å². The summed E-state index contributed by atoms with van der Waals surface area (Å²) in [5.74, 6) is -1.14. The summed E-state index contributed by atoms with van der Waals surface area (Å²) in [6.07, 6.45) is 0. The molecule has 2 heterocycles. The minimum Gasteiger partial charge on any atom is -0.481 e. The highest BCUT2D eigenvalue weighted by Gasteiger charge is 2.32. The van der Waals surface area contributed by atoms with Crippen LogP contribution in [0.25, 0.3) is 10.9 Å². The fourth-order valence-electron chi connectivity index (χ4n) is 2.15. The Balaban J connectivity index is 1.81. The topological polar surface area (TPSA) is 88.3 Å². The predicted molar refractivity (Wildman–Crippen MR) is 66.5 cm³/mol. The zero-order chi connectivity index (χ0) is 13.4. The van der Waals surface area contributed by atoms with Crippen LogP contribution in [0.2, 0.25) is 0 Å². The number of benzene rings is 1. The highest BCUT2D eigenvalue weighted by molar-refractivity contribution is 5.76. The van der Waals surface area contributed by atoms with Crippen molar-refractivity contribution in [3.8, 4) is 0 Å². The molecule has 0 unspecified atom stereocenters. The van der Waals surface area contributed by atoms with Crippen molar-refractivity contribution in [1.82, 2.24) is 19.9 Å². The Morgan fingerprint density at radius 2 is 2.11 bits per heavy atom. The zero-order valence-corrected chi connectivity index (χ0v) is 10.1. The van der Waals surface area contributed by atoms with Gasteiger partial charge in [0.2, 0.25) is 0 Å². The van der Waals surface area contributed by atoms with Crippen molar-refractivity contribution in [3.05, 3.63) is 34.6 Å². The number of carbonyl (C=O) groups is 1. The van der Waals surface area contributed by atoms with Gasteiger partial charge in [0.1, 0.15) is 5.52 Å². The Morgan fingerprint density at radius 3 is 2.84 bits per heavy atom. The van der Waals surface area contributed by atoms with Gasteiger partial charge in [-0.1, -0.05) is 17.3 Å². The van der Waals surface area contributed by atoms with Gasteiger partial charge in [-0.05, 0) is 12.1 Å². The zero-order valence-electron chi connectivity index (χ0n) is 10.1. The van der Waals surface area contributed by atoms with Crippen molar-refractivity contribution in [2.45, 2.75) is 6.67 Å². The molecule has 7 heteroatoms. The number of rotatable bonds is 3. The summed E-state index contributed by atoms with van der Waals surface area (Å²) in [6, 6.07) is 7.02. The molecule has 2 aromatic rings. The van der Waals surface area contributed by atoms with E-state index in [-0.39, 0.29) is 18.1 Å². The third-order valence-electron chi connectivity index (χ3n) is 3.27. The summed E-state index contributed by atoms with van der Waals surface area (Å²) in [5, 5.41) is 17.2. The molecule has 0 bridgehead atoms. The van der Waals surface area contributed by atoms with Crippen LogP contribution in [0.15, 0.2) is 29.1 Å². The van der Waals surface area contributed by atoms with Crippen LogP contribution in [0.5, 0.6) is 0 Å². The van der Waals surface area contributed by atoms with E-state index in [0.29, 0.717) is 24.0 Å². The maximum atomic E-state index is 12.1. The van der Waals surface area contributed by atoms with Crippen LogP contribution in [0, 0.1) is 5.92 Å². The maximum Gasteiger partial charge on any atom is 0.309 e. The molecule has 1 saturated heterocycles. The van der Waals surface area contributed by atoms with Crippen LogP contribution in [-0.4, -0.2) is 44.1 Å². The predicted octanol–water partition coefficient (Wildman–Crippen LogP) is -0.235. The Bertz CT molecular complexity index is 691. The molecule has 1 aliphatic rings. The van der Waals surface area contributed by atoms with E-state index in [0.717, 1.165) is 0 Å². The molecule has 0 atom stereocenters. The number of carboxylic acids is 1. The average molecular weight is 260 g/mol. The molecular formula is C12H12N4O3. The monoisotopic (exact) mass is 260 g/mol. The summed E-state index contributed by atoms with van der Waals surface area (Å²) in [7, 11) is 0. The van der Waals surface area contributed by atoms with Gasteiger partial charge in [0.15, 0.2) is 0 Å². The van der Waals surface area contributed by atoms with E-state index in [1.165, 1.54) is 4.68 Å². The molecule has 0 aliphatic carbocycles. The van der Waals surface area contributed by atoms with Crippen LogP contribution >= 0.6 is 0 Å². The lowest BCUT2D eigenvalue weighted by Gasteiger charge is -2.36. The first-order valence-electron chi connectivity index (χ1n) is 5.93. The SMILES string of the molecule is O=C(O)C1CN(Cn2nnc3ccccc3c2=O)C1. The van der Waals surface area contributed by atoms with Crippen LogP contribution in [0.4, 0.5) is 0 Å². The number of aliphatic carboxylic acids is 1. The lowest BCUT2D eigenvalue weighted by atomic mass is 10.0. The van der Waals surface area contributed by atoms with Gasteiger partial charge in [-0.3, -0.25) is 14.5 Å². The Morgan fingerprint density at radius 1 is 1.37 bits per heavy atom. The van der Waals surface area contributed by atoms with Crippen molar-refractivity contribution in [2.24, 2.45) is 5.92 Å². The third-order valence-corrected chi connectivity index (χ3v) is 3.27. The quantitative estimate of drug-likeness (QED) is 0.819. The largest absolute Gasteiger partial charge is 0.481 e. The van der Waals surface area contributed by atoms with Crippen LogP contribution in [0.3, 0.4) is 0 Å². The van der Waals surface area contributed by atoms with Crippen LogP contribution in [0.1, 0.15) is 0 Å². The average Bonchev–Trinajstić information content (AvgIpc) is 2.35. The molecule has 0 spiro atoms. The number of nitrogens with zero attached hydrogens (tertiary/aromatic N) is 4. The van der Waals surface area contributed by atoms with Gasteiger partial charge in [-0.25, -0.2) is 0 Å². The molecule has 1 aromatic carbocycles. The molecule has 0 saturated carbocycles.